The van der Waals surface area contributed by atoms with E-state index in [1.54, 1.807) is 19.9 Å². The van der Waals surface area contributed by atoms with Gasteiger partial charge in [0.1, 0.15) is 5.82 Å². The molecule has 0 saturated heterocycles. The predicted molar refractivity (Wildman–Crippen MR) is 91.1 cm³/mol. The first kappa shape index (κ1) is 18.6. The molecule has 0 bridgehead atoms. The number of nitrogens with one attached hydrogen (secondary N) is 1. The molecule has 1 amide bonds. The third-order valence-electron chi connectivity index (χ3n) is 3.80. The van der Waals surface area contributed by atoms with E-state index in [4.69, 9.17) is 4.52 Å². The molecule has 140 valence electrons. The van der Waals surface area contributed by atoms with Gasteiger partial charge in [-0.15, -0.1) is 0 Å². The first-order valence-electron chi connectivity index (χ1n) is 7.92. The highest BCUT2D eigenvalue weighted by atomic mass is 19.4. The standard InChI is InChI=1S/C18H15F3N4O2/c1-9-8-10(2)22-15(14(9)16-23-11(3)27-25-16)24-17(26)12-4-6-13(7-5-12)18(19,20)21/h4-8H,1-3H3,(H,22,24,26). The van der Waals surface area contributed by atoms with Crippen LogP contribution in [0, 0.1) is 20.8 Å². The number of hydrogen-bond acceptors (Lipinski definition) is 5. The molecule has 0 aliphatic rings. The zero-order valence-electron chi connectivity index (χ0n) is 14.7. The van der Waals surface area contributed by atoms with Crippen LogP contribution in [0.15, 0.2) is 34.9 Å². The van der Waals surface area contributed by atoms with E-state index in [0.717, 1.165) is 29.8 Å². The van der Waals surface area contributed by atoms with Gasteiger partial charge in [-0.25, -0.2) is 4.98 Å². The number of nitrogens with zero attached hydrogens (tertiary/aromatic N) is 3. The van der Waals surface area contributed by atoms with Gasteiger partial charge >= 0.3 is 6.18 Å². The van der Waals surface area contributed by atoms with Crippen LogP contribution in [0.5, 0.6) is 0 Å². The van der Waals surface area contributed by atoms with Crippen LogP contribution in [0.4, 0.5) is 19.0 Å². The quantitative estimate of drug-likeness (QED) is 0.736. The largest absolute Gasteiger partial charge is 0.416 e. The second-order valence-electron chi connectivity index (χ2n) is 5.97. The molecule has 0 atom stereocenters. The molecule has 1 N–H and O–H groups in total. The minimum absolute atomic E-state index is 0.0687. The molecule has 27 heavy (non-hydrogen) atoms. The lowest BCUT2D eigenvalue weighted by molar-refractivity contribution is -0.137. The van der Waals surface area contributed by atoms with Crippen molar-refractivity contribution in [3.8, 4) is 11.4 Å². The van der Waals surface area contributed by atoms with Crippen LogP contribution in [-0.2, 0) is 6.18 Å². The van der Waals surface area contributed by atoms with Gasteiger partial charge < -0.3 is 9.84 Å². The van der Waals surface area contributed by atoms with Crippen molar-refractivity contribution in [3.63, 3.8) is 0 Å². The van der Waals surface area contributed by atoms with Gasteiger partial charge in [0, 0.05) is 18.2 Å². The number of carbonyl (C=O) groups is 1. The summed E-state index contributed by atoms with van der Waals surface area (Å²) in [6.45, 7) is 5.20. The van der Waals surface area contributed by atoms with Crippen LogP contribution >= 0.6 is 0 Å². The monoisotopic (exact) mass is 376 g/mol. The fraction of sp³-hybridized carbons (Fsp3) is 0.222. The van der Waals surface area contributed by atoms with Crippen LogP contribution in [0.3, 0.4) is 0 Å². The van der Waals surface area contributed by atoms with Crippen LogP contribution < -0.4 is 5.32 Å². The Morgan fingerprint density at radius 1 is 1.07 bits per heavy atom. The highest BCUT2D eigenvalue weighted by Gasteiger charge is 2.30. The van der Waals surface area contributed by atoms with Gasteiger partial charge in [0.15, 0.2) is 0 Å². The summed E-state index contributed by atoms with van der Waals surface area (Å²) in [6, 6.07) is 5.73. The van der Waals surface area contributed by atoms with Crippen LogP contribution in [0.25, 0.3) is 11.4 Å². The third kappa shape index (κ3) is 3.97. The molecule has 0 spiro atoms. The Kier molecular flexibility index (Phi) is 4.69. The highest BCUT2D eigenvalue weighted by Crippen LogP contribution is 2.30. The molecule has 0 fully saturated rings. The predicted octanol–water partition coefficient (Wildman–Crippen LogP) is 4.33. The number of anilines is 1. The number of rotatable bonds is 3. The number of hydrogen-bond donors (Lipinski definition) is 1. The van der Waals surface area contributed by atoms with Gasteiger partial charge in [-0.3, -0.25) is 4.79 Å². The molecular weight excluding hydrogens is 361 g/mol. The number of halogens is 3. The highest BCUT2D eigenvalue weighted by molar-refractivity contribution is 6.05. The van der Waals surface area contributed by atoms with Gasteiger partial charge in [0.25, 0.3) is 5.91 Å². The minimum atomic E-state index is -4.46. The smallest absolute Gasteiger partial charge is 0.339 e. The maximum atomic E-state index is 12.7. The lowest BCUT2D eigenvalue weighted by atomic mass is 10.1. The summed E-state index contributed by atoms with van der Waals surface area (Å²) in [4.78, 5) is 21.0. The molecule has 3 rings (SSSR count). The van der Waals surface area contributed by atoms with Crippen molar-refractivity contribution in [1.82, 2.24) is 15.1 Å². The van der Waals surface area contributed by atoms with Gasteiger partial charge in [-0.2, -0.15) is 18.2 Å². The number of aromatic nitrogens is 3. The molecule has 6 nitrogen and oxygen atoms in total. The van der Waals surface area contributed by atoms with E-state index in [2.05, 4.69) is 20.4 Å². The first-order chi connectivity index (χ1) is 12.6. The first-order valence-corrected chi connectivity index (χ1v) is 7.92. The Labute approximate surface area is 152 Å². The maximum Gasteiger partial charge on any atom is 0.416 e. The molecule has 0 aliphatic carbocycles. The van der Waals surface area contributed by atoms with Crippen LogP contribution in [0.1, 0.15) is 33.1 Å². The zero-order chi connectivity index (χ0) is 19.8. The van der Waals surface area contributed by atoms with E-state index in [0.29, 0.717) is 17.1 Å². The lowest BCUT2D eigenvalue weighted by Gasteiger charge is -2.12. The van der Waals surface area contributed by atoms with Crippen molar-refractivity contribution in [1.29, 1.82) is 0 Å². The summed E-state index contributed by atoms with van der Waals surface area (Å²) in [5, 5.41) is 6.47. The third-order valence-corrected chi connectivity index (χ3v) is 3.80. The Hall–Kier alpha value is -3.23. The molecular formula is C18H15F3N4O2. The second kappa shape index (κ2) is 6.82. The Morgan fingerprint density at radius 2 is 1.74 bits per heavy atom. The molecule has 0 radical (unpaired) electrons. The van der Waals surface area contributed by atoms with Crippen molar-refractivity contribution in [3.05, 3.63) is 58.6 Å². The van der Waals surface area contributed by atoms with Gasteiger partial charge in [-0.1, -0.05) is 5.16 Å². The summed E-state index contributed by atoms with van der Waals surface area (Å²) in [7, 11) is 0. The van der Waals surface area contributed by atoms with Crippen LogP contribution in [-0.4, -0.2) is 21.0 Å². The minimum Gasteiger partial charge on any atom is -0.339 e. The fourth-order valence-corrected chi connectivity index (χ4v) is 2.60. The number of aryl methyl sites for hydroxylation is 3. The molecule has 0 saturated carbocycles. The summed E-state index contributed by atoms with van der Waals surface area (Å²) in [5.41, 5.74) is 1.15. The summed E-state index contributed by atoms with van der Waals surface area (Å²) in [6.07, 6.45) is -4.46. The van der Waals surface area contributed by atoms with Gasteiger partial charge in [0.05, 0.1) is 11.1 Å². The average molecular weight is 376 g/mol. The summed E-state index contributed by atoms with van der Waals surface area (Å²) < 4.78 is 43.0. The zero-order valence-corrected chi connectivity index (χ0v) is 14.7. The van der Waals surface area contributed by atoms with Crippen molar-refractivity contribution in [2.75, 3.05) is 5.32 Å². The van der Waals surface area contributed by atoms with Crippen molar-refractivity contribution in [2.24, 2.45) is 0 Å². The molecule has 3 aromatic rings. The normalized spacial score (nSPS) is 11.5. The topological polar surface area (TPSA) is 80.9 Å². The van der Waals surface area contributed by atoms with E-state index in [1.807, 2.05) is 6.92 Å². The lowest BCUT2D eigenvalue weighted by Crippen LogP contribution is -2.15. The Bertz CT molecular complexity index is 995. The second-order valence-corrected chi connectivity index (χ2v) is 5.97. The van der Waals surface area contributed by atoms with Crippen molar-refractivity contribution >= 4 is 11.7 Å². The number of pyridine rings is 1. The van der Waals surface area contributed by atoms with E-state index in [9.17, 15) is 18.0 Å². The molecule has 1 aromatic carbocycles. The van der Waals surface area contributed by atoms with E-state index < -0.39 is 17.6 Å². The molecule has 2 heterocycles. The summed E-state index contributed by atoms with van der Waals surface area (Å²) >= 11 is 0. The van der Waals surface area contributed by atoms with Crippen LogP contribution in [0.2, 0.25) is 0 Å². The number of benzene rings is 1. The maximum absolute atomic E-state index is 12.7. The molecule has 2 aromatic heterocycles. The van der Waals surface area contributed by atoms with Gasteiger partial charge in [0.2, 0.25) is 11.7 Å². The molecule has 0 unspecified atom stereocenters. The number of amides is 1. The van der Waals surface area contributed by atoms with Crippen molar-refractivity contribution in [2.45, 2.75) is 26.9 Å². The summed E-state index contributed by atoms with van der Waals surface area (Å²) in [5.74, 6) is 0.228. The SMILES string of the molecule is Cc1cc(C)c(-c2noc(C)n2)c(NC(=O)c2ccc(C(F)(F)F)cc2)n1. The molecule has 9 heteroatoms. The number of alkyl halides is 3. The average Bonchev–Trinajstić information content (AvgIpc) is 2.99. The fourth-order valence-electron chi connectivity index (χ4n) is 2.60. The Morgan fingerprint density at radius 3 is 2.30 bits per heavy atom. The van der Waals surface area contributed by atoms with Crippen molar-refractivity contribution < 1.29 is 22.5 Å². The van der Waals surface area contributed by atoms with E-state index in [-0.39, 0.29) is 17.2 Å². The number of carbonyl (C=O) groups excluding carboxylic acids is 1. The molecule has 0 aliphatic heterocycles. The van der Waals surface area contributed by atoms with E-state index >= 15 is 0 Å². The van der Waals surface area contributed by atoms with E-state index in [1.165, 1.54) is 0 Å². The van der Waals surface area contributed by atoms with Gasteiger partial charge in [-0.05, 0) is 49.7 Å². The Balaban J connectivity index is 1.94.